The topological polar surface area (TPSA) is 12.4 Å². The van der Waals surface area contributed by atoms with E-state index in [4.69, 9.17) is 4.99 Å². The first-order valence-electron chi connectivity index (χ1n) is 8.27. The minimum atomic E-state index is -4.33. The van der Waals surface area contributed by atoms with E-state index in [9.17, 15) is 13.2 Å². The van der Waals surface area contributed by atoms with E-state index in [1.165, 1.54) is 12.1 Å². The molecule has 0 saturated carbocycles. The van der Waals surface area contributed by atoms with Crippen LogP contribution in [0, 0.1) is 0 Å². The minimum absolute atomic E-state index is 0.209. The Morgan fingerprint density at radius 2 is 1.19 bits per heavy atom. The van der Waals surface area contributed by atoms with Gasteiger partial charge in [0, 0.05) is 5.71 Å². The van der Waals surface area contributed by atoms with Crippen molar-refractivity contribution in [2.24, 2.45) is 4.99 Å². The summed E-state index contributed by atoms with van der Waals surface area (Å²) < 4.78 is 38.2. The largest absolute Gasteiger partial charge is 0.416 e. The number of benzene rings is 3. The van der Waals surface area contributed by atoms with Crippen molar-refractivity contribution < 1.29 is 13.2 Å². The highest BCUT2D eigenvalue weighted by atomic mass is 19.4. The van der Waals surface area contributed by atoms with Gasteiger partial charge in [-0.2, -0.15) is 13.2 Å². The number of hydrogen-bond donors (Lipinski definition) is 0. The Hall–Kier alpha value is -2.88. The van der Waals surface area contributed by atoms with Crippen LogP contribution in [-0.2, 0) is 6.18 Å². The molecule has 0 atom stereocenters. The summed E-state index contributed by atoms with van der Waals surface area (Å²) in [5.41, 5.74) is 2.78. The molecular weight excluding hydrogens is 335 g/mol. The zero-order valence-electron chi connectivity index (χ0n) is 14.2. The van der Waals surface area contributed by atoms with Gasteiger partial charge in [0.25, 0.3) is 0 Å². The summed E-state index contributed by atoms with van der Waals surface area (Å²) in [6, 6.07) is 24.6. The van der Waals surface area contributed by atoms with Crippen molar-refractivity contribution >= 4 is 5.71 Å². The fourth-order valence-electron chi connectivity index (χ4n) is 2.78. The Bertz CT molecular complexity index is 827. The maximum Gasteiger partial charge on any atom is 0.416 e. The van der Waals surface area contributed by atoms with Crippen molar-refractivity contribution in [1.82, 2.24) is 0 Å². The molecule has 132 valence electrons. The molecule has 0 aliphatic rings. The van der Waals surface area contributed by atoms with Gasteiger partial charge in [-0.05, 0) is 35.7 Å². The van der Waals surface area contributed by atoms with Crippen LogP contribution in [0.4, 0.5) is 13.2 Å². The first kappa shape index (κ1) is 17.9. The highest BCUT2D eigenvalue weighted by Gasteiger charge is 2.30. The molecule has 0 saturated heterocycles. The third kappa shape index (κ3) is 4.20. The van der Waals surface area contributed by atoms with E-state index in [0.29, 0.717) is 11.3 Å². The summed E-state index contributed by atoms with van der Waals surface area (Å²) in [5.74, 6) is 0. The number of rotatable bonds is 4. The smallest absolute Gasteiger partial charge is 0.277 e. The molecule has 0 radical (unpaired) electrons. The lowest BCUT2D eigenvalue weighted by Crippen LogP contribution is -2.06. The molecule has 0 spiro atoms. The van der Waals surface area contributed by atoms with E-state index in [1.807, 2.05) is 67.6 Å². The zero-order chi connectivity index (χ0) is 18.6. The third-order valence-corrected chi connectivity index (χ3v) is 4.18. The lowest BCUT2D eigenvalue weighted by Gasteiger charge is -2.15. The average molecular weight is 353 g/mol. The number of nitrogens with zero attached hydrogens (tertiary/aromatic N) is 1. The monoisotopic (exact) mass is 353 g/mol. The molecule has 3 aromatic carbocycles. The molecule has 0 aromatic heterocycles. The Morgan fingerprint density at radius 1 is 0.731 bits per heavy atom. The van der Waals surface area contributed by atoms with Crippen molar-refractivity contribution in [3.05, 3.63) is 107 Å². The number of alkyl halides is 3. The highest BCUT2D eigenvalue weighted by Crippen LogP contribution is 2.30. The van der Waals surface area contributed by atoms with Gasteiger partial charge in [0.05, 0.1) is 5.56 Å². The van der Waals surface area contributed by atoms with Crippen LogP contribution >= 0.6 is 0 Å². The maximum absolute atomic E-state index is 12.7. The molecule has 26 heavy (non-hydrogen) atoms. The quantitative estimate of drug-likeness (QED) is 0.488. The van der Waals surface area contributed by atoms with E-state index in [1.54, 1.807) is 0 Å². The molecule has 0 aliphatic heterocycles. The second kappa shape index (κ2) is 7.56. The molecule has 4 heteroatoms. The molecule has 0 unspecified atom stereocenters. The van der Waals surface area contributed by atoms with Crippen LogP contribution in [0.25, 0.3) is 0 Å². The average Bonchev–Trinajstić information content (AvgIpc) is 2.67. The SMILES string of the molecule is CC(=NC(c1ccccc1)c1ccccc1)c1ccc(C(F)(F)F)cc1. The van der Waals surface area contributed by atoms with Gasteiger partial charge in [-0.1, -0.05) is 72.8 Å². The van der Waals surface area contributed by atoms with Gasteiger partial charge in [-0.15, -0.1) is 0 Å². The molecule has 0 heterocycles. The second-order valence-electron chi connectivity index (χ2n) is 6.01. The Balaban J connectivity index is 1.97. The Kier molecular flexibility index (Phi) is 5.21. The zero-order valence-corrected chi connectivity index (χ0v) is 14.2. The van der Waals surface area contributed by atoms with Crippen LogP contribution in [0.1, 0.15) is 35.2 Å². The fourth-order valence-corrected chi connectivity index (χ4v) is 2.78. The van der Waals surface area contributed by atoms with Crippen molar-refractivity contribution in [2.75, 3.05) is 0 Å². The van der Waals surface area contributed by atoms with Gasteiger partial charge in [0.2, 0.25) is 0 Å². The van der Waals surface area contributed by atoms with Crippen molar-refractivity contribution in [2.45, 2.75) is 19.1 Å². The van der Waals surface area contributed by atoms with E-state index in [2.05, 4.69) is 0 Å². The van der Waals surface area contributed by atoms with Crippen LogP contribution in [0.5, 0.6) is 0 Å². The standard InChI is InChI=1S/C22H18F3N/c1-16(17-12-14-20(15-13-17)22(23,24)25)26-21(18-8-4-2-5-9-18)19-10-6-3-7-11-19/h2-15,21H,1H3. The first-order valence-corrected chi connectivity index (χ1v) is 8.27. The van der Waals surface area contributed by atoms with E-state index in [-0.39, 0.29) is 6.04 Å². The van der Waals surface area contributed by atoms with Gasteiger partial charge in [-0.3, -0.25) is 4.99 Å². The summed E-state index contributed by atoms with van der Waals surface area (Å²) >= 11 is 0. The summed E-state index contributed by atoms with van der Waals surface area (Å²) in [4.78, 5) is 4.81. The van der Waals surface area contributed by atoms with E-state index in [0.717, 1.165) is 23.3 Å². The molecule has 3 aromatic rings. The lowest BCUT2D eigenvalue weighted by molar-refractivity contribution is -0.137. The number of aliphatic imine (C=N–C) groups is 1. The first-order chi connectivity index (χ1) is 12.4. The summed E-state index contributed by atoms with van der Waals surface area (Å²) in [5, 5.41) is 0. The second-order valence-corrected chi connectivity index (χ2v) is 6.01. The van der Waals surface area contributed by atoms with Crippen LogP contribution < -0.4 is 0 Å². The summed E-state index contributed by atoms with van der Waals surface area (Å²) in [7, 11) is 0. The van der Waals surface area contributed by atoms with Gasteiger partial charge in [0.15, 0.2) is 0 Å². The van der Waals surface area contributed by atoms with E-state index < -0.39 is 11.7 Å². The number of hydrogen-bond acceptors (Lipinski definition) is 1. The van der Waals surface area contributed by atoms with Crippen LogP contribution in [-0.4, -0.2) is 5.71 Å². The fraction of sp³-hybridized carbons (Fsp3) is 0.136. The molecule has 3 rings (SSSR count). The Labute approximate surface area is 150 Å². The molecule has 0 N–H and O–H groups in total. The van der Waals surface area contributed by atoms with Crippen LogP contribution in [0.2, 0.25) is 0 Å². The normalized spacial score (nSPS) is 12.4. The third-order valence-electron chi connectivity index (χ3n) is 4.18. The van der Waals surface area contributed by atoms with Crippen LogP contribution in [0.3, 0.4) is 0 Å². The molecule has 1 nitrogen and oxygen atoms in total. The summed E-state index contributed by atoms with van der Waals surface area (Å²) in [6.45, 7) is 1.82. The Morgan fingerprint density at radius 3 is 1.62 bits per heavy atom. The minimum Gasteiger partial charge on any atom is -0.277 e. The predicted octanol–water partition coefficient (Wildman–Crippen LogP) is 6.30. The van der Waals surface area contributed by atoms with Gasteiger partial charge < -0.3 is 0 Å². The maximum atomic E-state index is 12.7. The molecular formula is C22H18F3N. The predicted molar refractivity (Wildman–Crippen MR) is 98.4 cm³/mol. The lowest BCUT2D eigenvalue weighted by atomic mass is 9.98. The molecule has 0 aliphatic carbocycles. The van der Waals surface area contributed by atoms with Crippen LogP contribution in [0.15, 0.2) is 89.9 Å². The molecule has 0 amide bonds. The van der Waals surface area contributed by atoms with Crippen molar-refractivity contribution in [3.63, 3.8) is 0 Å². The molecule has 0 bridgehead atoms. The van der Waals surface area contributed by atoms with Crippen molar-refractivity contribution in [3.8, 4) is 0 Å². The van der Waals surface area contributed by atoms with Gasteiger partial charge >= 0.3 is 6.18 Å². The van der Waals surface area contributed by atoms with Crippen molar-refractivity contribution in [1.29, 1.82) is 0 Å². The highest BCUT2D eigenvalue weighted by molar-refractivity contribution is 5.99. The van der Waals surface area contributed by atoms with Gasteiger partial charge in [0.1, 0.15) is 6.04 Å². The van der Waals surface area contributed by atoms with Gasteiger partial charge in [-0.25, -0.2) is 0 Å². The number of halogens is 3. The summed E-state index contributed by atoms with van der Waals surface area (Å²) in [6.07, 6.45) is -4.33. The van der Waals surface area contributed by atoms with E-state index >= 15 is 0 Å². The molecule has 0 fully saturated rings.